The lowest BCUT2D eigenvalue weighted by Gasteiger charge is -2.13. The van der Waals surface area contributed by atoms with Crippen LogP contribution >= 0.6 is 0 Å². The van der Waals surface area contributed by atoms with Crippen molar-refractivity contribution in [3.8, 4) is 62.1 Å². The second-order valence-corrected chi connectivity index (χ2v) is 15.1. The van der Waals surface area contributed by atoms with Crippen LogP contribution in [0.15, 0.2) is 186 Å². The summed E-state index contributed by atoms with van der Waals surface area (Å²) in [4.78, 5) is 15.4. The van der Waals surface area contributed by atoms with E-state index in [0.717, 1.165) is 55.1 Å². The van der Waals surface area contributed by atoms with E-state index in [2.05, 4.69) is 144 Å². The average Bonchev–Trinajstić information content (AvgIpc) is 3.80. The van der Waals surface area contributed by atoms with Crippen molar-refractivity contribution in [3.05, 3.63) is 182 Å². The van der Waals surface area contributed by atoms with Crippen molar-refractivity contribution in [1.29, 1.82) is 0 Å². The summed E-state index contributed by atoms with van der Waals surface area (Å²) in [6, 6.07) is 64.3. The number of fused-ring (bicyclic) bond motifs is 7. The van der Waals surface area contributed by atoms with E-state index in [9.17, 15) is 0 Å². The van der Waals surface area contributed by atoms with Crippen molar-refractivity contribution in [1.82, 2.24) is 19.5 Å². The quantitative estimate of drug-likeness (QED) is 0.180. The van der Waals surface area contributed by atoms with Gasteiger partial charge in [0.05, 0.1) is 11.0 Å². The Kier molecular flexibility index (Phi) is 6.38. The average molecular weight is 739 g/mol. The van der Waals surface area contributed by atoms with Crippen molar-refractivity contribution in [2.45, 2.75) is 0 Å². The molecule has 0 fully saturated rings. The molecule has 0 saturated carbocycles. The molecular weight excluding hydrogens is 709 g/mol. The Labute approximate surface area is 332 Å². The van der Waals surface area contributed by atoms with Gasteiger partial charge in [-0.1, -0.05) is 146 Å². The number of benzene rings is 9. The van der Waals surface area contributed by atoms with Crippen LogP contribution in [-0.4, -0.2) is 19.5 Å². The fourth-order valence-electron chi connectivity index (χ4n) is 9.50. The normalized spacial score (nSPS) is 12.1. The Bertz CT molecular complexity index is 3690. The highest BCUT2D eigenvalue weighted by molar-refractivity contribution is 6.30. The lowest BCUT2D eigenvalue weighted by Crippen LogP contribution is -2.00. The van der Waals surface area contributed by atoms with Crippen LogP contribution in [0.2, 0.25) is 0 Å². The van der Waals surface area contributed by atoms with Crippen LogP contribution in [0.1, 0.15) is 0 Å². The van der Waals surface area contributed by atoms with Crippen LogP contribution in [0.3, 0.4) is 0 Å². The van der Waals surface area contributed by atoms with E-state index >= 15 is 0 Å². The monoisotopic (exact) mass is 738 g/mol. The summed E-state index contributed by atoms with van der Waals surface area (Å²) in [5.74, 6) is 1.85. The van der Waals surface area contributed by atoms with Crippen LogP contribution in [0.25, 0.3) is 127 Å². The van der Waals surface area contributed by atoms with Gasteiger partial charge in [0.1, 0.15) is 11.2 Å². The minimum atomic E-state index is 0.599. The lowest BCUT2D eigenvalue weighted by atomic mass is 9.93. The van der Waals surface area contributed by atoms with Crippen LogP contribution in [-0.2, 0) is 0 Å². The Morgan fingerprint density at radius 2 is 0.966 bits per heavy atom. The van der Waals surface area contributed by atoms with Gasteiger partial charge in [0.15, 0.2) is 17.5 Å². The standard InChI is InChI=1S/C53H30N4O/c1-2-13-33(14-3-1)51-54-52(40-22-8-15-31-12-4-5-17-35(31)40)56-53(55-51)42-23-11-25-45-48(42)41-28-27-34(30-46(41)58-45)57-43-24-10-21-39-37-19-7-6-18-36(37)38-20-9-16-32-26-29-44(57)50(47(32)38)49(39)43/h1-30H. The maximum atomic E-state index is 6.75. The van der Waals surface area contributed by atoms with Crippen molar-refractivity contribution in [3.63, 3.8) is 0 Å². The van der Waals surface area contributed by atoms with Crippen molar-refractivity contribution < 1.29 is 4.42 Å². The molecule has 0 amide bonds. The predicted molar refractivity (Wildman–Crippen MR) is 237 cm³/mol. The molecule has 0 unspecified atom stereocenters. The number of hydrogen-bond acceptors (Lipinski definition) is 4. The third kappa shape index (κ3) is 4.38. The molecule has 0 N–H and O–H groups in total. The second kappa shape index (κ2) is 11.8. The van der Waals surface area contributed by atoms with Gasteiger partial charge in [0.2, 0.25) is 0 Å². The summed E-state index contributed by atoms with van der Waals surface area (Å²) < 4.78 is 9.15. The van der Waals surface area contributed by atoms with Gasteiger partial charge in [-0.3, -0.25) is 0 Å². The summed E-state index contributed by atoms with van der Waals surface area (Å²) in [5, 5.41) is 9.32. The van der Waals surface area contributed by atoms with Crippen molar-refractivity contribution in [2.24, 2.45) is 0 Å². The summed E-state index contributed by atoms with van der Waals surface area (Å²) in [6.45, 7) is 0. The molecule has 13 rings (SSSR count). The number of furan rings is 1. The maximum Gasteiger partial charge on any atom is 0.164 e. The molecule has 0 atom stereocenters. The van der Waals surface area contributed by atoms with Gasteiger partial charge in [-0.2, -0.15) is 0 Å². The van der Waals surface area contributed by atoms with Gasteiger partial charge in [-0.15, -0.1) is 0 Å². The highest BCUT2D eigenvalue weighted by Crippen LogP contribution is 2.50. The molecule has 9 aromatic carbocycles. The molecule has 0 spiro atoms. The lowest BCUT2D eigenvalue weighted by molar-refractivity contribution is 0.668. The highest BCUT2D eigenvalue weighted by Gasteiger charge is 2.25. The zero-order valence-electron chi connectivity index (χ0n) is 31.0. The zero-order chi connectivity index (χ0) is 37.9. The molecule has 1 aliphatic carbocycles. The van der Waals surface area contributed by atoms with Gasteiger partial charge in [-0.05, 0) is 74.1 Å². The SMILES string of the molecule is c1ccc(-c2nc(-c3cccc4ccccc34)nc(-c3cccc4oc5cc(-n6c7cccc8c7c7c9c(cccc9ccc76)-c6ccccc6-8)ccc5c34)n2)cc1. The smallest absolute Gasteiger partial charge is 0.164 e. The molecule has 1 aliphatic rings. The first-order chi connectivity index (χ1) is 28.8. The van der Waals surface area contributed by atoms with Gasteiger partial charge in [-0.25, -0.2) is 15.0 Å². The molecular formula is C53H30N4O. The molecule has 58 heavy (non-hydrogen) atoms. The highest BCUT2D eigenvalue weighted by atomic mass is 16.3. The van der Waals surface area contributed by atoms with Gasteiger partial charge >= 0.3 is 0 Å². The minimum absolute atomic E-state index is 0.599. The first-order valence-electron chi connectivity index (χ1n) is 19.6. The minimum Gasteiger partial charge on any atom is -0.456 e. The van der Waals surface area contributed by atoms with Crippen LogP contribution in [0, 0.1) is 0 Å². The molecule has 0 radical (unpaired) electrons. The van der Waals surface area contributed by atoms with Crippen molar-refractivity contribution >= 4 is 65.3 Å². The summed E-state index contributed by atoms with van der Waals surface area (Å²) in [5.41, 5.74) is 12.8. The first-order valence-corrected chi connectivity index (χ1v) is 19.6. The molecule has 5 nitrogen and oxygen atoms in total. The Morgan fingerprint density at radius 3 is 1.83 bits per heavy atom. The predicted octanol–water partition coefficient (Wildman–Crippen LogP) is 13.8. The van der Waals surface area contributed by atoms with E-state index in [1.54, 1.807) is 0 Å². The molecule has 3 heterocycles. The topological polar surface area (TPSA) is 56.7 Å². The maximum absolute atomic E-state index is 6.75. The van der Waals surface area contributed by atoms with E-state index in [1.807, 2.05) is 42.5 Å². The summed E-state index contributed by atoms with van der Waals surface area (Å²) in [6.07, 6.45) is 0. The van der Waals surface area contributed by atoms with E-state index in [-0.39, 0.29) is 0 Å². The number of nitrogens with zero attached hydrogens (tertiary/aromatic N) is 4. The Balaban J connectivity index is 1.04. The molecule has 0 bridgehead atoms. The van der Waals surface area contributed by atoms with E-state index in [4.69, 9.17) is 19.4 Å². The largest absolute Gasteiger partial charge is 0.456 e. The molecule has 5 heteroatoms. The molecule has 268 valence electrons. The first kappa shape index (κ1) is 31.3. The third-order valence-electron chi connectivity index (χ3n) is 12.0. The summed E-state index contributed by atoms with van der Waals surface area (Å²) >= 11 is 0. The zero-order valence-corrected chi connectivity index (χ0v) is 31.0. The van der Waals surface area contributed by atoms with Gasteiger partial charge in [0, 0.05) is 50.0 Å². The number of aromatic nitrogens is 4. The third-order valence-corrected chi connectivity index (χ3v) is 12.0. The van der Waals surface area contributed by atoms with Crippen LogP contribution in [0.5, 0.6) is 0 Å². The molecule has 12 aromatic rings. The number of rotatable bonds is 4. The van der Waals surface area contributed by atoms with Crippen LogP contribution in [0.4, 0.5) is 0 Å². The number of hydrogen-bond donors (Lipinski definition) is 0. The fraction of sp³-hybridized carbons (Fsp3) is 0. The molecule has 0 aliphatic heterocycles. The van der Waals surface area contributed by atoms with E-state index in [0.29, 0.717) is 17.5 Å². The van der Waals surface area contributed by atoms with Crippen molar-refractivity contribution in [2.75, 3.05) is 0 Å². The van der Waals surface area contributed by atoms with Gasteiger partial charge in [0.25, 0.3) is 0 Å². The van der Waals surface area contributed by atoms with E-state index < -0.39 is 0 Å². The van der Waals surface area contributed by atoms with E-state index in [1.165, 1.54) is 54.8 Å². The Hall–Kier alpha value is -7.89. The van der Waals surface area contributed by atoms with Crippen LogP contribution < -0.4 is 0 Å². The Morgan fingerprint density at radius 1 is 0.345 bits per heavy atom. The molecule has 0 saturated heterocycles. The fourth-order valence-corrected chi connectivity index (χ4v) is 9.50. The second-order valence-electron chi connectivity index (χ2n) is 15.1. The summed E-state index contributed by atoms with van der Waals surface area (Å²) in [7, 11) is 0. The van der Waals surface area contributed by atoms with Gasteiger partial charge < -0.3 is 8.98 Å². The molecule has 3 aromatic heterocycles.